The molecule has 1 amide bonds. The number of likely N-dealkylation sites (tertiary alicyclic amines) is 1. The van der Waals surface area contributed by atoms with Crippen molar-refractivity contribution in [3.8, 4) is 11.5 Å². The number of hydrogen-bond donors (Lipinski definition) is 1. The molecule has 3 aromatic rings. The van der Waals surface area contributed by atoms with Gasteiger partial charge in [0.05, 0.1) is 30.9 Å². The molecule has 0 bridgehead atoms. The summed E-state index contributed by atoms with van der Waals surface area (Å²) in [4.78, 5) is 27.8. The molecule has 7 nitrogen and oxygen atoms in total. The summed E-state index contributed by atoms with van der Waals surface area (Å²) in [5, 5.41) is 11.5. The van der Waals surface area contributed by atoms with E-state index in [1.807, 2.05) is 19.9 Å². The van der Waals surface area contributed by atoms with E-state index in [1.54, 1.807) is 42.5 Å². The van der Waals surface area contributed by atoms with Crippen LogP contribution in [0.5, 0.6) is 11.5 Å². The lowest BCUT2D eigenvalue weighted by molar-refractivity contribution is -0.140. The number of ether oxygens (including phenoxy) is 3. The van der Waals surface area contributed by atoms with Crippen molar-refractivity contribution in [2.45, 2.75) is 26.5 Å². The Morgan fingerprint density at radius 2 is 1.76 bits per heavy atom. The van der Waals surface area contributed by atoms with E-state index in [9.17, 15) is 19.1 Å². The van der Waals surface area contributed by atoms with Crippen LogP contribution in [-0.4, -0.2) is 49.1 Å². The molecular weight excluding hydrogens is 489 g/mol. The SMILES string of the molecule is COCCN1C(=O)C(=O)/C(=C(/O)c2cc(C)cc(C)c2OC)C1c1cccc(OCc2ccc(F)cc2)c1. The summed E-state index contributed by atoms with van der Waals surface area (Å²) in [7, 11) is 3.00. The number of Topliss-reactive ketones (excluding diaryl/α,β-unsaturated/α-hetero) is 1. The van der Waals surface area contributed by atoms with Crippen molar-refractivity contribution in [2.24, 2.45) is 0 Å². The number of rotatable bonds is 9. The molecule has 0 radical (unpaired) electrons. The summed E-state index contributed by atoms with van der Waals surface area (Å²) in [5.41, 5.74) is 3.32. The van der Waals surface area contributed by atoms with Crippen LogP contribution in [0, 0.1) is 19.7 Å². The molecule has 1 saturated heterocycles. The van der Waals surface area contributed by atoms with Crippen molar-refractivity contribution in [1.82, 2.24) is 4.90 Å². The van der Waals surface area contributed by atoms with Gasteiger partial charge >= 0.3 is 0 Å². The van der Waals surface area contributed by atoms with Crippen LogP contribution in [-0.2, 0) is 20.9 Å². The molecule has 0 spiro atoms. The Morgan fingerprint density at radius 3 is 2.45 bits per heavy atom. The lowest BCUT2D eigenvalue weighted by Gasteiger charge is -2.25. The summed E-state index contributed by atoms with van der Waals surface area (Å²) >= 11 is 0. The fourth-order valence-corrected chi connectivity index (χ4v) is 4.71. The van der Waals surface area contributed by atoms with Crippen molar-refractivity contribution in [2.75, 3.05) is 27.4 Å². The first-order chi connectivity index (χ1) is 18.2. The minimum atomic E-state index is -0.870. The Hall–Kier alpha value is -4.17. The number of methoxy groups -OCH3 is 2. The van der Waals surface area contributed by atoms with E-state index in [-0.39, 0.29) is 36.9 Å². The third-order valence-electron chi connectivity index (χ3n) is 6.45. The maximum Gasteiger partial charge on any atom is 0.295 e. The summed E-state index contributed by atoms with van der Waals surface area (Å²) in [6.45, 7) is 4.27. The first-order valence-electron chi connectivity index (χ1n) is 12.1. The van der Waals surface area contributed by atoms with Crippen LogP contribution in [0.3, 0.4) is 0 Å². The number of hydrogen-bond acceptors (Lipinski definition) is 6. The van der Waals surface area contributed by atoms with Gasteiger partial charge in [-0.2, -0.15) is 0 Å². The molecule has 1 aliphatic rings. The number of aliphatic hydroxyl groups is 1. The van der Waals surface area contributed by atoms with Gasteiger partial charge in [-0.3, -0.25) is 9.59 Å². The molecule has 1 N–H and O–H groups in total. The fourth-order valence-electron chi connectivity index (χ4n) is 4.71. The van der Waals surface area contributed by atoms with Crippen LogP contribution in [0.1, 0.15) is 33.9 Å². The van der Waals surface area contributed by atoms with Gasteiger partial charge in [-0.05, 0) is 66.4 Å². The van der Waals surface area contributed by atoms with Crippen molar-refractivity contribution in [1.29, 1.82) is 0 Å². The average molecular weight is 520 g/mol. The molecular formula is C30H30FNO6. The lowest BCUT2D eigenvalue weighted by Crippen LogP contribution is -2.32. The van der Waals surface area contributed by atoms with E-state index in [4.69, 9.17) is 14.2 Å². The van der Waals surface area contributed by atoms with Crippen LogP contribution >= 0.6 is 0 Å². The van der Waals surface area contributed by atoms with Crippen LogP contribution in [0.2, 0.25) is 0 Å². The normalized spacial score (nSPS) is 16.7. The van der Waals surface area contributed by atoms with Crippen molar-refractivity contribution in [3.63, 3.8) is 0 Å². The van der Waals surface area contributed by atoms with Gasteiger partial charge in [0.1, 0.15) is 29.7 Å². The molecule has 0 aliphatic carbocycles. The highest BCUT2D eigenvalue weighted by Crippen LogP contribution is 2.42. The smallest absolute Gasteiger partial charge is 0.295 e. The molecule has 1 unspecified atom stereocenters. The molecule has 3 aromatic carbocycles. The van der Waals surface area contributed by atoms with E-state index in [1.165, 1.54) is 31.3 Å². The van der Waals surface area contributed by atoms with E-state index in [0.29, 0.717) is 22.6 Å². The van der Waals surface area contributed by atoms with E-state index in [2.05, 4.69) is 0 Å². The van der Waals surface area contributed by atoms with Gasteiger partial charge in [-0.25, -0.2) is 4.39 Å². The number of carbonyl (C=O) groups is 2. The molecule has 8 heteroatoms. The number of amides is 1. The maximum absolute atomic E-state index is 13.3. The van der Waals surface area contributed by atoms with Crippen molar-refractivity contribution < 1.29 is 33.3 Å². The van der Waals surface area contributed by atoms with Crippen molar-refractivity contribution in [3.05, 3.63) is 99.9 Å². The topological polar surface area (TPSA) is 85.3 Å². The lowest BCUT2D eigenvalue weighted by atomic mass is 9.93. The van der Waals surface area contributed by atoms with Crippen LogP contribution in [0.25, 0.3) is 5.76 Å². The minimum Gasteiger partial charge on any atom is -0.507 e. The number of carbonyl (C=O) groups excluding carboxylic acids is 2. The Balaban J connectivity index is 1.79. The van der Waals surface area contributed by atoms with E-state index in [0.717, 1.165) is 16.7 Å². The molecule has 1 atom stereocenters. The molecule has 4 rings (SSSR count). The van der Waals surface area contributed by atoms with Gasteiger partial charge in [-0.1, -0.05) is 30.3 Å². The van der Waals surface area contributed by atoms with Gasteiger partial charge < -0.3 is 24.2 Å². The van der Waals surface area contributed by atoms with Crippen LogP contribution in [0.4, 0.5) is 4.39 Å². The standard InChI is InChI=1S/C30H30FNO6/c1-18-14-19(2)29(37-4)24(15-18)27(33)25-26(32(12-13-36-3)30(35)28(25)34)21-6-5-7-23(16-21)38-17-20-8-10-22(31)11-9-20/h5-11,14-16,26,33H,12-13,17H2,1-4H3/b27-25+. The first-order valence-corrected chi connectivity index (χ1v) is 12.1. The number of aliphatic hydroxyl groups excluding tert-OH is 1. The van der Waals surface area contributed by atoms with Gasteiger partial charge in [-0.15, -0.1) is 0 Å². The predicted octanol–water partition coefficient (Wildman–Crippen LogP) is 5.10. The third-order valence-corrected chi connectivity index (χ3v) is 6.45. The summed E-state index contributed by atoms with van der Waals surface area (Å²) in [6, 6.07) is 15.8. The Labute approximate surface area is 221 Å². The van der Waals surface area contributed by atoms with E-state index < -0.39 is 17.7 Å². The van der Waals surface area contributed by atoms with Crippen LogP contribution in [0.15, 0.2) is 66.2 Å². The Kier molecular flexibility index (Phi) is 8.12. The Morgan fingerprint density at radius 1 is 1.03 bits per heavy atom. The van der Waals surface area contributed by atoms with Crippen molar-refractivity contribution >= 4 is 17.4 Å². The molecule has 1 aliphatic heterocycles. The number of ketones is 1. The summed E-state index contributed by atoms with van der Waals surface area (Å²) in [6.07, 6.45) is 0. The average Bonchev–Trinajstić information content (AvgIpc) is 3.16. The highest BCUT2D eigenvalue weighted by atomic mass is 19.1. The first kappa shape index (κ1) is 26.9. The highest BCUT2D eigenvalue weighted by molar-refractivity contribution is 6.46. The number of aryl methyl sites for hydroxylation is 2. The zero-order valence-electron chi connectivity index (χ0n) is 21.8. The zero-order chi connectivity index (χ0) is 27.4. The fraction of sp³-hybridized carbons (Fsp3) is 0.267. The zero-order valence-corrected chi connectivity index (χ0v) is 21.8. The number of nitrogens with zero attached hydrogens (tertiary/aromatic N) is 1. The predicted molar refractivity (Wildman–Crippen MR) is 141 cm³/mol. The molecule has 0 saturated carbocycles. The number of benzene rings is 3. The second-order valence-electron chi connectivity index (χ2n) is 9.14. The number of halogens is 1. The third kappa shape index (κ3) is 5.40. The molecule has 38 heavy (non-hydrogen) atoms. The Bertz CT molecular complexity index is 1380. The largest absolute Gasteiger partial charge is 0.507 e. The monoisotopic (exact) mass is 519 g/mol. The molecule has 0 aromatic heterocycles. The van der Waals surface area contributed by atoms with Gasteiger partial charge in [0.25, 0.3) is 11.7 Å². The molecule has 198 valence electrons. The highest BCUT2D eigenvalue weighted by Gasteiger charge is 2.46. The second-order valence-corrected chi connectivity index (χ2v) is 9.14. The van der Waals surface area contributed by atoms with Gasteiger partial charge in [0, 0.05) is 13.7 Å². The van der Waals surface area contributed by atoms with Gasteiger partial charge in [0.2, 0.25) is 0 Å². The van der Waals surface area contributed by atoms with E-state index >= 15 is 0 Å². The van der Waals surface area contributed by atoms with Gasteiger partial charge in [0.15, 0.2) is 0 Å². The maximum atomic E-state index is 13.3. The van der Waals surface area contributed by atoms with Crippen LogP contribution < -0.4 is 9.47 Å². The summed E-state index contributed by atoms with van der Waals surface area (Å²) < 4.78 is 29.9. The molecule has 1 fully saturated rings. The quantitative estimate of drug-likeness (QED) is 0.241. The summed E-state index contributed by atoms with van der Waals surface area (Å²) in [5.74, 6) is -1.24. The molecule has 1 heterocycles. The minimum absolute atomic E-state index is 0.0370. The second kappa shape index (κ2) is 11.5.